The van der Waals surface area contributed by atoms with Gasteiger partial charge < -0.3 is 10.4 Å². The number of carbonyl (C=O) groups excluding carboxylic acids is 1. The van der Waals surface area contributed by atoms with Gasteiger partial charge in [0.2, 0.25) is 0 Å². The Hall–Kier alpha value is -2.17. The molecule has 1 saturated carbocycles. The summed E-state index contributed by atoms with van der Waals surface area (Å²) in [5, 5.41) is 11.6. The van der Waals surface area contributed by atoms with Gasteiger partial charge in [0.05, 0.1) is 0 Å². The number of nitrogens with zero attached hydrogens (tertiary/aromatic N) is 1. The number of carboxylic acids is 1. The van der Waals surface area contributed by atoms with Crippen LogP contribution in [0.15, 0.2) is 24.4 Å². The highest BCUT2D eigenvalue weighted by atomic mass is 16.4. The van der Waals surface area contributed by atoms with Crippen LogP contribution in [0, 0.1) is 5.92 Å². The maximum atomic E-state index is 12.1. The van der Waals surface area contributed by atoms with Crippen LogP contribution in [0.5, 0.6) is 0 Å². The van der Waals surface area contributed by atoms with E-state index in [2.05, 4.69) is 17.2 Å². The van der Waals surface area contributed by atoms with Gasteiger partial charge in [-0.05, 0) is 36.5 Å². The summed E-state index contributed by atoms with van der Waals surface area (Å²) in [6.07, 6.45) is 8.49. The minimum absolute atomic E-state index is 0.170. The van der Waals surface area contributed by atoms with E-state index in [4.69, 9.17) is 5.11 Å². The smallest absolute Gasteiger partial charge is 0.328 e. The van der Waals surface area contributed by atoms with Crippen molar-refractivity contribution in [2.75, 3.05) is 0 Å². The van der Waals surface area contributed by atoms with Crippen LogP contribution in [-0.2, 0) is 4.79 Å². The van der Waals surface area contributed by atoms with Crippen molar-refractivity contribution < 1.29 is 14.7 Å². The standard InChI is InChI=1S/C16H20N2O3/c1-2-13(9-11-3-4-11)18-16(21)14-7-5-12(10-17-14)6-8-15(19)20/h5-8,10-11,13H,2-4,9H2,1H3,(H,18,21)(H,19,20). The fourth-order valence-electron chi connectivity index (χ4n) is 2.15. The first-order chi connectivity index (χ1) is 10.1. The first kappa shape index (κ1) is 15.2. The summed E-state index contributed by atoms with van der Waals surface area (Å²) < 4.78 is 0. The summed E-state index contributed by atoms with van der Waals surface area (Å²) in [4.78, 5) is 26.6. The van der Waals surface area contributed by atoms with E-state index in [0.717, 1.165) is 24.8 Å². The molecule has 5 heteroatoms. The molecule has 1 heterocycles. The van der Waals surface area contributed by atoms with E-state index in [1.807, 2.05) is 0 Å². The van der Waals surface area contributed by atoms with Gasteiger partial charge in [-0.15, -0.1) is 0 Å². The van der Waals surface area contributed by atoms with Crippen LogP contribution in [0.3, 0.4) is 0 Å². The lowest BCUT2D eigenvalue weighted by Gasteiger charge is -2.16. The van der Waals surface area contributed by atoms with Gasteiger partial charge in [-0.2, -0.15) is 0 Å². The predicted molar refractivity (Wildman–Crippen MR) is 79.8 cm³/mol. The summed E-state index contributed by atoms with van der Waals surface area (Å²) >= 11 is 0. The third kappa shape index (κ3) is 5.02. The van der Waals surface area contributed by atoms with E-state index >= 15 is 0 Å². The third-order valence-corrected chi connectivity index (χ3v) is 3.58. The molecule has 112 valence electrons. The Labute approximate surface area is 124 Å². The fraction of sp³-hybridized carbons (Fsp3) is 0.438. The quantitative estimate of drug-likeness (QED) is 0.755. The SMILES string of the molecule is CCC(CC1CC1)NC(=O)c1ccc(C=CC(=O)O)cn1. The van der Waals surface area contributed by atoms with Gasteiger partial charge in [0.1, 0.15) is 5.69 Å². The zero-order chi connectivity index (χ0) is 15.2. The molecule has 0 saturated heterocycles. The summed E-state index contributed by atoms with van der Waals surface area (Å²) in [7, 11) is 0. The summed E-state index contributed by atoms with van der Waals surface area (Å²) in [6, 6.07) is 3.50. The van der Waals surface area contributed by atoms with Gasteiger partial charge in [-0.3, -0.25) is 9.78 Å². The number of aliphatic carboxylic acids is 1. The lowest BCUT2D eigenvalue weighted by molar-refractivity contribution is -0.131. The molecule has 1 aliphatic rings. The lowest BCUT2D eigenvalue weighted by Crippen LogP contribution is -2.35. The van der Waals surface area contributed by atoms with Gasteiger partial charge in [0, 0.05) is 18.3 Å². The molecule has 2 rings (SSSR count). The third-order valence-electron chi connectivity index (χ3n) is 3.58. The van der Waals surface area contributed by atoms with Gasteiger partial charge in [0.15, 0.2) is 0 Å². The van der Waals surface area contributed by atoms with E-state index in [1.54, 1.807) is 12.1 Å². The Bertz CT molecular complexity index is 533. The van der Waals surface area contributed by atoms with Crippen LogP contribution in [0.1, 0.15) is 48.7 Å². The number of nitrogens with one attached hydrogen (secondary N) is 1. The molecule has 0 aromatic carbocycles. The highest BCUT2D eigenvalue weighted by molar-refractivity contribution is 5.92. The number of hydrogen-bond donors (Lipinski definition) is 2. The van der Waals surface area contributed by atoms with Crippen molar-refractivity contribution in [3.63, 3.8) is 0 Å². The molecule has 1 aliphatic carbocycles. The molecular formula is C16H20N2O3. The number of aromatic nitrogens is 1. The van der Waals surface area contributed by atoms with E-state index < -0.39 is 5.97 Å². The molecule has 1 fully saturated rings. The van der Waals surface area contributed by atoms with Gasteiger partial charge in [-0.25, -0.2) is 4.79 Å². The average Bonchev–Trinajstić information content (AvgIpc) is 3.28. The van der Waals surface area contributed by atoms with E-state index in [0.29, 0.717) is 11.3 Å². The van der Waals surface area contributed by atoms with Gasteiger partial charge in [-0.1, -0.05) is 25.8 Å². The molecule has 5 nitrogen and oxygen atoms in total. The molecule has 21 heavy (non-hydrogen) atoms. The molecule has 0 bridgehead atoms. The van der Waals surface area contributed by atoms with Crippen molar-refractivity contribution in [1.29, 1.82) is 0 Å². The first-order valence-electron chi connectivity index (χ1n) is 7.26. The number of carbonyl (C=O) groups is 2. The number of hydrogen-bond acceptors (Lipinski definition) is 3. The van der Waals surface area contributed by atoms with Crippen LogP contribution in [-0.4, -0.2) is 28.0 Å². The largest absolute Gasteiger partial charge is 0.478 e. The minimum atomic E-state index is -1.01. The van der Waals surface area contributed by atoms with Crippen molar-refractivity contribution >= 4 is 18.0 Å². The molecule has 1 unspecified atom stereocenters. The van der Waals surface area contributed by atoms with Crippen LogP contribution in [0.4, 0.5) is 0 Å². The number of amides is 1. The highest BCUT2D eigenvalue weighted by Crippen LogP contribution is 2.34. The lowest BCUT2D eigenvalue weighted by atomic mass is 10.1. The van der Waals surface area contributed by atoms with Crippen molar-refractivity contribution in [2.45, 2.75) is 38.6 Å². The van der Waals surface area contributed by atoms with E-state index in [1.165, 1.54) is 25.1 Å². The maximum Gasteiger partial charge on any atom is 0.328 e. The molecule has 0 radical (unpaired) electrons. The molecule has 1 amide bonds. The monoisotopic (exact) mass is 288 g/mol. The van der Waals surface area contributed by atoms with Gasteiger partial charge in [0.25, 0.3) is 5.91 Å². The van der Waals surface area contributed by atoms with Crippen LogP contribution in [0.25, 0.3) is 6.08 Å². The van der Waals surface area contributed by atoms with Crippen LogP contribution in [0.2, 0.25) is 0 Å². The molecule has 1 aromatic heterocycles. The number of carboxylic acid groups (broad SMARTS) is 1. The zero-order valence-corrected chi connectivity index (χ0v) is 12.1. The average molecular weight is 288 g/mol. The molecule has 1 atom stereocenters. The van der Waals surface area contributed by atoms with Crippen molar-refractivity contribution in [2.24, 2.45) is 5.92 Å². The van der Waals surface area contributed by atoms with Crippen LogP contribution < -0.4 is 5.32 Å². The predicted octanol–water partition coefficient (Wildman–Crippen LogP) is 2.49. The molecule has 1 aromatic rings. The Balaban J connectivity index is 1.93. The van der Waals surface area contributed by atoms with Crippen LogP contribution >= 0.6 is 0 Å². The second-order valence-electron chi connectivity index (χ2n) is 5.41. The maximum absolute atomic E-state index is 12.1. The molecule has 2 N–H and O–H groups in total. The normalized spacial score (nSPS) is 15.9. The zero-order valence-electron chi connectivity index (χ0n) is 12.1. The molecular weight excluding hydrogens is 268 g/mol. The summed E-state index contributed by atoms with van der Waals surface area (Å²) in [6.45, 7) is 2.07. The van der Waals surface area contributed by atoms with E-state index in [-0.39, 0.29) is 11.9 Å². The number of rotatable bonds is 7. The Morgan fingerprint density at radius 3 is 2.76 bits per heavy atom. The van der Waals surface area contributed by atoms with Crippen molar-refractivity contribution in [3.05, 3.63) is 35.7 Å². The topological polar surface area (TPSA) is 79.3 Å². The minimum Gasteiger partial charge on any atom is -0.478 e. The highest BCUT2D eigenvalue weighted by Gasteiger charge is 2.25. The Kier molecular flexibility index (Phi) is 5.09. The number of pyridine rings is 1. The summed E-state index contributed by atoms with van der Waals surface area (Å²) in [5.41, 5.74) is 1.01. The Morgan fingerprint density at radius 1 is 1.48 bits per heavy atom. The molecule has 0 aliphatic heterocycles. The Morgan fingerprint density at radius 2 is 2.24 bits per heavy atom. The van der Waals surface area contributed by atoms with E-state index in [9.17, 15) is 9.59 Å². The first-order valence-corrected chi connectivity index (χ1v) is 7.26. The van der Waals surface area contributed by atoms with Crippen molar-refractivity contribution in [1.82, 2.24) is 10.3 Å². The van der Waals surface area contributed by atoms with Crippen molar-refractivity contribution in [3.8, 4) is 0 Å². The second kappa shape index (κ2) is 7.02. The van der Waals surface area contributed by atoms with Gasteiger partial charge >= 0.3 is 5.97 Å². The molecule has 0 spiro atoms. The second-order valence-corrected chi connectivity index (χ2v) is 5.41. The fourth-order valence-corrected chi connectivity index (χ4v) is 2.15. The summed E-state index contributed by atoms with van der Waals surface area (Å²) in [5.74, 6) is -0.411.